The van der Waals surface area contributed by atoms with Crippen LogP contribution in [0.4, 0.5) is 0 Å². The van der Waals surface area contributed by atoms with Gasteiger partial charge in [-0.05, 0) is 25.3 Å². The van der Waals surface area contributed by atoms with Crippen molar-refractivity contribution in [2.45, 2.75) is 25.8 Å². The molecule has 5 heteroatoms. The van der Waals surface area contributed by atoms with E-state index in [4.69, 9.17) is 0 Å². The fourth-order valence-corrected chi connectivity index (χ4v) is 3.28. The summed E-state index contributed by atoms with van der Waals surface area (Å²) in [6.07, 6.45) is 5.06. The Balaban J connectivity index is 1.62. The standard InChI is InChI=1S/C18H20N2O3/c1-12(13-7-3-2-4-8-13)19-16(21)11-20-17(22)14-9-5-6-10-15(14)18(20)23/h2-8,12,14-15H,9-11H2,1H3,(H,19,21). The first-order valence-electron chi connectivity index (χ1n) is 7.92. The van der Waals surface area contributed by atoms with Gasteiger partial charge >= 0.3 is 0 Å². The van der Waals surface area contributed by atoms with Crippen LogP contribution in [0.3, 0.4) is 0 Å². The van der Waals surface area contributed by atoms with Gasteiger partial charge in [0.2, 0.25) is 17.7 Å². The van der Waals surface area contributed by atoms with Gasteiger partial charge in [-0.15, -0.1) is 0 Å². The van der Waals surface area contributed by atoms with E-state index in [0.29, 0.717) is 12.8 Å². The van der Waals surface area contributed by atoms with E-state index in [9.17, 15) is 14.4 Å². The Bertz CT molecular complexity index is 627. The molecule has 120 valence electrons. The van der Waals surface area contributed by atoms with E-state index in [0.717, 1.165) is 10.5 Å². The quantitative estimate of drug-likeness (QED) is 0.681. The number of hydrogen-bond donors (Lipinski definition) is 1. The molecule has 0 radical (unpaired) electrons. The summed E-state index contributed by atoms with van der Waals surface area (Å²) >= 11 is 0. The van der Waals surface area contributed by atoms with E-state index in [1.54, 1.807) is 0 Å². The van der Waals surface area contributed by atoms with Gasteiger partial charge < -0.3 is 5.32 Å². The Labute approximate surface area is 135 Å². The highest BCUT2D eigenvalue weighted by Gasteiger charge is 2.47. The molecule has 2 aliphatic rings. The third-order valence-electron chi connectivity index (χ3n) is 4.58. The molecule has 3 amide bonds. The van der Waals surface area contributed by atoms with Gasteiger partial charge in [0, 0.05) is 0 Å². The lowest BCUT2D eigenvalue weighted by Gasteiger charge is -2.18. The largest absolute Gasteiger partial charge is 0.348 e. The molecule has 0 bridgehead atoms. The van der Waals surface area contributed by atoms with Crippen LogP contribution in [-0.2, 0) is 14.4 Å². The maximum atomic E-state index is 12.3. The highest BCUT2D eigenvalue weighted by Crippen LogP contribution is 2.34. The number of carbonyl (C=O) groups excluding carboxylic acids is 3. The van der Waals surface area contributed by atoms with Crippen LogP contribution < -0.4 is 5.32 Å². The zero-order valence-corrected chi connectivity index (χ0v) is 13.1. The number of carbonyl (C=O) groups is 3. The second-order valence-corrected chi connectivity index (χ2v) is 6.12. The Hall–Kier alpha value is -2.43. The van der Waals surface area contributed by atoms with E-state index >= 15 is 0 Å². The van der Waals surface area contributed by atoms with Crippen LogP contribution in [0.5, 0.6) is 0 Å². The number of likely N-dealkylation sites (tertiary alicyclic amines) is 1. The zero-order chi connectivity index (χ0) is 16.4. The van der Waals surface area contributed by atoms with E-state index in [1.807, 2.05) is 49.4 Å². The molecule has 1 aromatic rings. The second-order valence-electron chi connectivity index (χ2n) is 6.12. The van der Waals surface area contributed by atoms with E-state index in [-0.39, 0.29) is 42.1 Å². The smallest absolute Gasteiger partial charge is 0.240 e. The Morgan fingerprint density at radius 2 is 1.70 bits per heavy atom. The molecule has 1 aliphatic carbocycles. The number of rotatable bonds is 4. The van der Waals surface area contributed by atoms with E-state index in [1.165, 1.54) is 0 Å². The summed E-state index contributed by atoms with van der Waals surface area (Å²) < 4.78 is 0. The van der Waals surface area contributed by atoms with Crippen LogP contribution in [0.2, 0.25) is 0 Å². The first-order valence-corrected chi connectivity index (χ1v) is 7.92. The Morgan fingerprint density at radius 3 is 2.26 bits per heavy atom. The number of allylic oxidation sites excluding steroid dienone is 2. The number of amides is 3. The molecule has 0 saturated carbocycles. The summed E-state index contributed by atoms with van der Waals surface area (Å²) in [6.45, 7) is 1.69. The molecule has 1 N–H and O–H groups in total. The van der Waals surface area contributed by atoms with Gasteiger partial charge in [-0.25, -0.2) is 0 Å². The number of nitrogens with zero attached hydrogens (tertiary/aromatic N) is 1. The maximum Gasteiger partial charge on any atom is 0.240 e. The highest BCUT2D eigenvalue weighted by atomic mass is 16.2. The van der Waals surface area contributed by atoms with E-state index in [2.05, 4.69) is 5.32 Å². The molecule has 1 heterocycles. The fourth-order valence-electron chi connectivity index (χ4n) is 3.28. The zero-order valence-electron chi connectivity index (χ0n) is 13.1. The molecule has 3 atom stereocenters. The summed E-state index contributed by atoms with van der Waals surface area (Å²) in [5, 5.41) is 2.84. The summed E-state index contributed by atoms with van der Waals surface area (Å²) in [6, 6.07) is 9.41. The lowest BCUT2D eigenvalue weighted by Crippen LogP contribution is -2.41. The summed E-state index contributed by atoms with van der Waals surface area (Å²) in [5.74, 6) is -1.31. The van der Waals surface area contributed by atoms with Gasteiger partial charge in [0.05, 0.1) is 17.9 Å². The van der Waals surface area contributed by atoms with Crippen molar-refractivity contribution in [3.8, 4) is 0 Å². The van der Waals surface area contributed by atoms with Crippen LogP contribution in [0, 0.1) is 11.8 Å². The van der Waals surface area contributed by atoms with Gasteiger partial charge in [-0.2, -0.15) is 0 Å². The van der Waals surface area contributed by atoms with Crippen molar-refractivity contribution < 1.29 is 14.4 Å². The van der Waals surface area contributed by atoms with Crippen LogP contribution in [0.25, 0.3) is 0 Å². The van der Waals surface area contributed by atoms with Crippen molar-refractivity contribution in [1.29, 1.82) is 0 Å². The number of nitrogens with one attached hydrogen (secondary N) is 1. The lowest BCUT2D eigenvalue weighted by atomic mass is 9.85. The molecule has 5 nitrogen and oxygen atoms in total. The van der Waals surface area contributed by atoms with Crippen molar-refractivity contribution >= 4 is 17.7 Å². The number of imide groups is 1. The summed E-state index contributed by atoms with van der Waals surface area (Å²) in [4.78, 5) is 38.0. The van der Waals surface area contributed by atoms with Gasteiger partial charge in [0.15, 0.2) is 0 Å². The molecular formula is C18H20N2O3. The van der Waals surface area contributed by atoms with Crippen molar-refractivity contribution in [3.63, 3.8) is 0 Å². The first-order chi connectivity index (χ1) is 11.1. The average Bonchev–Trinajstić information content (AvgIpc) is 2.81. The second kappa shape index (κ2) is 6.36. The van der Waals surface area contributed by atoms with Crippen LogP contribution in [-0.4, -0.2) is 29.2 Å². The van der Waals surface area contributed by atoms with Crippen molar-refractivity contribution in [2.24, 2.45) is 11.8 Å². The predicted octanol–water partition coefficient (Wildman–Crippen LogP) is 1.81. The Morgan fingerprint density at radius 1 is 1.13 bits per heavy atom. The van der Waals surface area contributed by atoms with Gasteiger partial charge in [0.25, 0.3) is 0 Å². The Kier molecular flexibility index (Phi) is 4.28. The summed E-state index contributed by atoms with van der Waals surface area (Å²) in [5.41, 5.74) is 0.984. The minimum Gasteiger partial charge on any atom is -0.348 e. The molecule has 1 saturated heterocycles. The molecule has 3 unspecified atom stereocenters. The monoisotopic (exact) mass is 312 g/mol. The molecule has 0 spiro atoms. The number of fused-ring (bicyclic) bond motifs is 1. The highest BCUT2D eigenvalue weighted by molar-refractivity contribution is 6.07. The number of benzene rings is 1. The summed E-state index contributed by atoms with van der Waals surface area (Å²) in [7, 11) is 0. The molecule has 1 aromatic carbocycles. The van der Waals surface area contributed by atoms with Gasteiger partial charge in [0.1, 0.15) is 6.54 Å². The first kappa shape index (κ1) is 15.5. The normalized spacial score (nSPS) is 24.5. The van der Waals surface area contributed by atoms with Gasteiger partial charge in [-0.3, -0.25) is 19.3 Å². The average molecular weight is 312 g/mol. The third-order valence-corrected chi connectivity index (χ3v) is 4.58. The number of hydrogen-bond acceptors (Lipinski definition) is 3. The fraction of sp³-hybridized carbons (Fsp3) is 0.389. The van der Waals surface area contributed by atoms with Gasteiger partial charge in [-0.1, -0.05) is 42.5 Å². The lowest BCUT2D eigenvalue weighted by molar-refractivity contribution is -0.143. The molecular weight excluding hydrogens is 292 g/mol. The van der Waals surface area contributed by atoms with Crippen molar-refractivity contribution in [3.05, 3.63) is 48.0 Å². The SMILES string of the molecule is CC(NC(=O)CN1C(=O)C2CC=CCC2C1=O)c1ccccc1. The van der Waals surface area contributed by atoms with Crippen LogP contribution >= 0.6 is 0 Å². The van der Waals surface area contributed by atoms with E-state index < -0.39 is 0 Å². The molecule has 1 aliphatic heterocycles. The minimum absolute atomic E-state index is 0.166. The van der Waals surface area contributed by atoms with Crippen molar-refractivity contribution in [2.75, 3.05) is 6.54 Å². The maximum absolute atomic E-state index is 12.3. The topological polar surface area (TPSA) is 66.5 Å². The molecule has 1 fully saturated rings. The molecule has 0 aromatic heterocycles. The molecule has 3 rings (SSSR count). The van der Waals surface area contributed by atoms with Crippen LogP contribution in [0.1, 0.15) is 31.4 Å². The minimum atomic E-state index is -0.311. The van der Waals surface area contributed by atoms with Crippen molar-refractivity contribution in [1.82, 2.24) is 10.2 Å². The van der Waals surface area contributed by atoms with Crippen LogP contribution in [0.15, 0.2) is 42.5 Å². The molecule has 23 heavy (non-hydrogen) atoms. The third kappa shape index (κ3) is 3.04. The predicted molar refractivity (Wildman–Crippen MR) is 85.1 cm³/mol.